The van der Waals surface area contributed by atoms with Gasteiger partial charge in [-0.05, 0) is 38.5 Å². The monoisotopic (exact) mass is 470 g/mol. The average Bonchev–Trinajstić information content (AvgIpc) is 2.76. The zero-order chi connectivity index (χ0) is 24.6. The topological polar surface area (TPSA) is 66.8 Å². The maximum atomic E-state index is 12.3. The minimum atomic E-state index is -0.145. The van der Waals surface area contributed by atoms with E-state index in [0.29, 0.717) is 30.5 Å². The molecular formula is C28H56NO4+. The minimum Gasteiger partial charge on any atom is -0.456 e. The van der Waals surface area contributed by atoms with Crippen LogP contribution >= 0.6 is 0 Å². The molecule has 0 aliphatic carbocycles. The molecule has 0 aromatic heterocycles. The molecule has 0 unspecified atom stereocenters. The van der Waals surface area contributed by atoms with Gasteiger partial charge in [-0.1, -0.05) is 83.8 Å². The predicted octanol–water partition coefficient (Wildman–Crippen LogP) is 6.17. The number of rotatable bonds is 24. The molecule has 1 atom stereocenters. The molecule has 0 amide bonds. The van der Waals surface area contributed by atoms with Gasteiger partial charge in [0.15, 0.2) is 6.10 Å². The van der Waals surface area contributed by atoms with E-state index in [4.69, 9.17) is 4.74 Å². The third kappa shape index (κ3) is 20.2. The number of hydrogen-bond donors (Lipinski definition) is 2. The van der Waals surface area contributed by atoms with Crippen molar-refractivity contribution in [3.8, 4) is 0 Å². The molecule has 0 bridgehead atoms. The molecule has 0 radical (unpaired) electrons. The quantitative estimate of drug-likeness (QED) is 0.0766. The average molecular weight is 471 g/mol. The number of carbonyl (C=O) groups excluding carboxylic acids is 1. The van der Waals surface area contributed by atoms with Crippen molar-refractivity contribution >= 4 is 5.97 Å². The van der Waals surface area contributed by atoms with Crippen LogP contribution in [0.3, 0.4) is 0 Å². The molecule has 0 rings (SSSR count). The summed E-state index contributed by atoms with van der Waals surface area (Å²) in [7, 11) is 2.01. The number of likely N-dealkylation sites (N-methyl/N-ethyl adjacent to an activating group) is 1. The van der Waals surface area contributed by atoms with Crippen molar-refractivity contribution in [3.63, 3.8) is 0 Å². The van der Waals surface area contributed by atoms with Gasteiger partial charge in [0, 0.05) is 6.42 Å². The number of unbranched alkanes of at least 4 members (excludes halogenated alkanes) is 11. The highest BCUT2D eigenvalue weighted by molar-refractivity contribution is 5.69. The summed E-state index contributed by atoms with van der Waals surface area (Å²) in [5.41, 5.74) is 0. The standard InChI is InChI=1S/C28H56NO4/c1-4-6-7-8-9-10-11-12-13-14-15-16-17-18-19-21-28(32)33-27(20-5-2)26-29(3,22-24-30)23-25-31/h12-13,27,30-31H,4-11,14-26H2,1-3H3/q+1/b13-12+/t27-/m1/s1. The summed E-state index contributed by atoms with van der Waals surface area (Å²) in [5, 5.41) is 18.7. The second-order valence-corrected chi connectivity index (χ2v) is 9.93. The predicted molar refractivity (Wildman–Crippen MR) is 139 cm³/mol. The number of allylic oxidation sites excluding steroid dienone is 2. The number of quaternary nitrogens is 1. The number of nitrogens with zero attached hydrogens (tertiary/aromatic N) is 1. The molecule has 0 saturated heterocycles. The Morgan fingerprint density at radius 3 is 1.82 bits per heavy atom. The Bertz CT molecular complexity index is 461. The first-order valence-electron chi connectivity index (χ1n) is 13.9. The summed E-state index contributed by atoms with van der Waals surface area (Å²) in [6.07, 6.45) is 23.0. The van der Waals surface area contributed by atoms with Gasteiger partial charge in [0.1, 0.15) is 19.6 Å². The highest BCUT2D eigenvalue weighted by atomic mass is 16.5. The lowest BCUT2D eigenvalue weighted by Gasteiger charge is -2.36. The van der Waals surface area contributed by atoms with Gasteiger partial charge in [-0.15, -0.1) is 0 Å². The molecule has 0 aromatic rings. The summed E-state index contributed by atoms with van der Waals surface area (Å²) in [4.78, 5) is 12.3. The second kappa shape index (κ2) is 22.9. The zero-order valence-electron chi connectivity index (χ0n) is 22.2. The molecule has 0 saturated carbocycles. The Balaban J connectivity index is 3.84. The Hall–Kier alpha value is -0.910. The largest absolute Gasteiger partial charge is 0.456 e. The number of esters is 1. The summed E-state index contributed by atoms with van der Waals surface area (Å²) in [6.45, 7) is 6.26. The lowest BCUT2D eigenvalue weighted by atomic mass is 10.1. The van der Waals surface area contributed by atoms with Crippen molar-refractivity contribution in [2.75, 3.05) is 39.9 Å². The summed E-state index contributed by atoms with van der Waals surface area (Å²) in [6, 6.07) is 0. The van der Waals surface area contributed by atoms with Crippen molar-refractivity contribution in [2.24, 2.45) is 0 Å². The number of aliphatic hydroxyl groups excluding tert-OH is 2. The zero-order valence-corrected chi connectivity index (χ0v) is 22.2. The first-order chi connectivity index (χ1) is 16.0. The summed E-state index contributed by atoms with van der Waals surface area (Å²) < 4.78 is 6.30. The van der Waals surface area contributed by atoms with Crippen LogP contribution < -0.4 is 0 Å². The lowest BCUT2D eigenvalue weighted by Crippen LogP contribution is -2.52. The van der Waals surface area contributed by atoms with Crippen molar-refractivity contribution in [3.05, 3.63) is 12.2 Å². The molecule has 5 nitrogen and oxygen atoms in total. The molecule has 0 aromatic carbocycles. The van der Waals surface area contributed by atoms with Gasteiger partial charge in [-0.2, -0.15) is 0 Å². The van der Waals surface area contributed by atoms with E-state index in [1.807, 2.05) is 7.05 Å². The normalized spacial score (nSPS) is 13.0. The molecule has 0 aliphatic heterocycles. The van der Waals surface area contributed by atoms with Crippen LogP contribution in [0.15, 0.2) is 12.2 Å². The van der Waals surface area contributed by atoms with E-state index in [9.17, 15) is 15.0 Å². The molecule has 196 valence electrons. The first kappa shape index (κ1) is 32.1. The van der Waals surface area contributed by atoms with Crippen LogP contribution in [0, 0.1) is 0 Å². The minimum absolute atomic E-state index is 0.0677. The SMILES string of the molecule is CCCCCCCC/C=C/CCCCCCCC(=O)O[C@H](CCC)C[N+](C)(CCO)CCO. The van der Waals surface area contributed by atoms with E-state index in [0.717, 1.165) is 25.7 Å². The van der Waals surface area contributed by atoms with Gasteiger partial charge in [0.25, 0.3) is 0 Å². The van der Waals surface area contributed by atoms with Crippen molar-refractivity contribution in [2.45, 2.75) is 123 Å². The van der Waals surface area contributed by atoms with E-state index in [1.54, 1.807) is 0 Å². The van der Waals surface area contributed by atoms with Crippen molar-refractivity contribution in [1.29, 1.82) is 0 Å². The van der Waals surface area contributed by atoms with Crippen LogP contribution in [0.4, 0.5) is 0 Å². The molecule has 0 aliphatic rings. The van der Waals surface area contributed by atoms with Crippen LogP contribution in [0.1, 0.15) is 117 Å². The smallest absolute Gasteiger partial charge is 0.306 e. The van der Waals surface area contributed by atoms with Gasteiger partial charge in [-0.3, -0.25) is 4.79 Å². The third-order valence-corrected chi connectivity index (χ3v) is 6.48. The van der Waals surface area contributed by atoms with Crippen LogP contribution in [0.2, 0.25) is 0 Å². The fourth-order valence-corrected chi connectivity index (χ4v) is 4.36. The number of hydrogen-bond acceptors (Lipinski definition) is 4. The van der Waals surface area contributed by atoms with Gasteiger partial charge >= 0.3 is 5.97 Å². The Morgan fingerprint density at radius 2 is 1.30 bits per heavy atom. The third-order valence-electron chi connectivity index (χ3n) is 6.48. The number of ether oxygens (including phenoxy) is 1. The Kier molecular flexibility index (Phi) is 22.2. The van der Waals surface area contributed by atoms with Crippen LogP contribution in [0.25, 0.3) is 0 Å². The highest BCUT2D eigenvalue weighted by Crippen LogP contribution is 2.14. The second-order valence-electron chi connectivity index (χ2n) is 9.93. The van der Waals surface area contributed by atoms with Gasteiger partial charge in [0.2, 0.25) is 0 Å². The Labute approximate surface area is 205 Å². The van der Waals surface area contributed by atoms with Crippen molar-refractivity contribution < 1.29 is 24.2 Å². The molecule has 5 heteroatoms. The van der Waals surface area contributed by atoms with Gasteiger partial charge < -0.3 is 19.4 Å². The summed E-state index contributed by atoms with van der Waals surface area (Å²) >= 11 is 0. The molecule has 33 heavy (non-hydrogen) atoms. The molecule has 0 fully saturated rings. The van der Waals surface area contributed by atoms with E-state index >= 15 is 0 Å². The van der Waals surface area contributed by atoms with Gasteiger partial charge in [0.05, 0.1) is 20.3 Å². The number of carbonyl (C=O) groups is 1. The lowest BCUT2D eigenvalue weighted by molar-refractivity contribution is -0.912. The maximum Gasteiger partial charge on any atom is 0.306 e. The van der Waals surface area contributed by atoms with Crippen molar-refractivity contribution in [1.82, 2.24) is 0 Å². The van der Waals surface area contributed by atoms with Gasteiger partial charge in [-0.25, -0.2) is 0 Å². The number of aliphatic hydroxyl groups is 2. The van der Waals surface area contributed by atoms with Crippen LogP contribution in [-0.4, -0.2) is 66.7 Å². The van der Waals surface area contributed by atoms with E-state index in [-0.39, 0.29) is 25.3 Å². The fourth-order valence-electron chi connectivity index (χ4n) is 4.36. The molecule has 2 N–H and O–H groups in total. The molecule has 0 spiro atoms. The Morgan fingerprint density at radius 1 is 0.788 bits per heavy atom. The van der Waals surface area contributed by atoms with E-state index in [1.165, 1.54) is 70.6 Å². The first-order valence-corrected chi connectivity index (χ1v) is 13.9. The molecular weight excluding hydrogens is 414 g/mol. The van der Waals surface area contributed by atoms with Crippen LogP contribution in [0.5, 0.6) is 0 Å². The highest BCUT2D eigenvalue weighted by Gasteiger charge is 2.27. The maximum absolute atomic E-state index is 12.3. The van der Waals surface area contributed by atoms with E-state index in [2.05, 4.69) is 26.0 Å². The molecule has 0 heterocycles. The summed E-state index contributed by atoms with van der Waals surface area (Å²) in [5.74, 6) is -0.106. The van der Waals surface area contributed by atoms with E-state index < -0.39 is 0 Å². The fraction of sp³-hybridized carbons (Fsp3) is 0.893. The van der Waals surface area contributed by atoms with Crippen LogP contribution in [-0.2, 0) is 9.53 Å².